The van der Waals surface area contributed by atoms with Crippen molar-refractivity contribution in [1.82, 2.24) is 4.98 Å². The summed E-state index contributed by atoms with van der Waals surface area (Å²) in [4.78, 5) is 16.2. The van der Waals surface area contributed by atoms with Crippen molar-refractivity contribution in [3.05, 3.63) is 44.3 Å². The summed E-state index contributed by atoms with van der Waals surface area (Å²) in [5, 5.41) is 13.2. The lowest BCUT2D eigenvalue weighted by molar-refractivity contribution is 0.0696. The largest absolute Gasteiger partial charge is 0.478 e. The van der Waals surface area contributed by atoms with Crippen LogP contribution < -0.4 is 5.32 Å². The van der Waals surface area contributed by atoms with Crippen molar-refractivity contribution in [3.63, 3.8) is 0 Å². The molecule has 2 rings (SSSR count). The van der Waals surface area contributed by atoms with E-state index in [-0.39, 0.29) is 5.56 Å². The van der Waals surface area contributed by atoms with E-state index >= 15 is 0 Å². The van der Waals surface area contributed by atoms with Crippen molar-refractivity contribution in [3.8, 4) is 0 Å². The number of benzene rings is 1. The molecule has 1 aromatic carbocycles. The summed E-state index contributed by atoms with van der Waals surface area (Å²) in [6.45, 7) is 2.65. The predicted octanol–water partition coefficient (Wildman–Crippen LogP) is 3.52. The number of nitrogens with zero attached hydrogens (tertiary/aromatic N) is 1. The van der Waals surface area contributed by atoms with Crippen LogP contribution in [0.15, 0.2) is 28.9 Å². The summed E-state index contributed by atoms with van der Waals surface area (Å²) in [5.74, 6) is -0.938. The average molecular weight is 327 g/mol. The third-order valence-electron chi connectivity index (χ3n) is 2.34. The lowest BCUT2D eigenvalue weighted by Crippen LogP contribution is -2.01. The fourth-order valence-electron chi connectivity index (χ4n) is 1.47. The molecule has 0 aliphatic carbocycles. The topological polar surface area (TPSA) is 62.2 Å². The molecule has 1 aromatic heterocycles. The van der Waals surface area contributed by atoms with Gasteiger partial charge < -0.3 is 10.4 Å². The Hall–Kier alpha value is -1.40. The van der Waals surface area contributed by atoms with Crippen LogP contribution in [0.1, 0.15) is 20.2 Å². The molecule has 2 N–H and O–H groups in total. The van der Waals surface area contributed by atoms with Gasteiger partial charge in [-0.2, -0.15) is 0 Å². The van der Waals surface area contributed by atoms with E-state index in [4.69, 9.17) is 5.11 Å². The maximum atomic E-state index is 10.9. The normalized spacial score (nSPS) is 10.3. The molecule has 18 heavy (non-hydrogen) atoms. The van der Waals surface area contributed by atoms with E-state index < -0.39 is 5.97 Å². The van der Waals surface area contributed by atoms with Crippen molar-refractivity contribution in [2.75, 3.05) is 5.32 Å². The van der Waals surface area contributed by atoms with E-state index in [1.54, 1.807) is 29.5 Å². The third-order valence-corrected chi connectivity index (χ3v) is 3.90. The molecule has 94 valence electrons. The van der Waals surface area contributed by atoms with Crippen molar-refractivity contribution < 1.29 is 9.90 Å². The zero-order chi connectivity index (χ0) is 13.1. The number of hydrogen-bond acceptors (Lipinski definition) is 4. The minimum absolute atomic E-state index is 0.259. The number of aromatic carboxylic acids is 1. The van der Waals surface area contributed by atoms with Crippen molar-refractivity contribution in [2.45, 2.75) is 13.5 Å². The monoisotopic (exact) mass is 326 g/mol. The number of carbonyl (C=O) groups is 1. The molecule has 0 spiro atoms. The number of aromatic nitrogens is 1. The van der Waals surface area contributed by atoms with Crippen LogP contribution in [0.4, 0.5) is 5.69 Å². The standard InChI is InChI=1S/C12H11BrN2O2S/c1-7-14-5-9(18-7)6-15-8-2-3-10(12(16)17)11(13)4-8/h2-5,15H,6H2,1H3,(H,16,17). The number of carboxylic acid groups (broad SMARTS) is 1. The van der Waals surface area contributed by atoms with E-state index in [1.165, 1.54) is 0 Å². The Kier molecular flexibility index (Phi) is 3.98. The molecule has 0 aliphatic rings. The third kappa shape index (κ3) is 3.08. The van der Waals surface area contributed by atoms with Crippen molar-refractivity contribution in [1.29, 1.82) is 0 Å². The van der Waals surface area contributed by atoms with Crippen LogP contribution in [-0.4, -0.2) is 16.1 Å². The fraction of sp³-hybridized carbons (Fsp3) is 0.167. The second kappa shape index (κ2) is 5.49. The summed E-state index contributed by atoms with van der Waals surface area (Å²) in [5.41, 5.74) is 1.13. The molecule has 0 unspecified atom stereocenters. The fourth-order valence-corrected chi connectivity index (χ4v) is 2.76. The average Bonchev–Trinajstić information content (AvgIpc) is 2.72. The van der Waals surface area contributed by atoms with Gasteiger partial charge in [-0.1, -0.05) is 0 Å². The molecule has 0 saturated heterocycles. The lowest BCUT2D eigenvalue weighted by atomic mass is 10.2. The first-order chi connectivity index (χ1) is 8.56. The van der Waals surface area contributed by atoms with Gasteiger partial charge in [-0.25, -0.2) is 9.78 Å². The molecule has 2 aromatic rings. The van der Waals surface area contributed by atoms with E-state index in [1.807, 2.05) is 13.1 Å². The van der Waals surface area contributed by atoms with Crippen molar-refractivity contribution in [2.24, 2.45) is 0 Å². The van der Waals surface area contributed by atoms with Crippen LogP contribution in [0.3, 0.4) is 0 Å². The Morgan fingerprint density at radius 2 is 2.33 bits per heavy atom. The van der Waals surface area contributed by atoms with Crippen LogP contribution in [0.5, 0.6) is 0 Å². The van der Waals surface area contributed by atoms with E-state index in [0.717, 1.165) is 15.6 Å². The highest BCUT2D eigenvalue weighted by Crippen LogP contribution is 2.22. The highest BCUT2D eigenvalue weighted by Gasteiger charge is 2.08. The summed E-state index contributed by atoms with van der Waals surface area (Å²) < 4.78 is 0.570. The molecule has 0 saturated carbocycles. The first-order valence-corrected chi connectivity index (χ1v) is 6.85. The highest BCUT2D eigenvalue weighted by atomic mass is 79.9. The second-order valence-corrected chi connectivity index (χ2v) is 5.87. The number of anilines is 1. The summed E-state index contributed by atoms with van der Waals surface area (Å²) in [7, 11) is 0. The number of aryl methyl sites for hydroxylation is 1. The van der Waals surface area contributed by atoms with Gasteiger partial charge in [0.25, 0.3) is 0 Å². The van der Waals surface area contributed by atoms with E-state index in [9.17, 15) is 4.79 Å². The van der Waals surface area contributed by atoms with Gasteiger partial charge in [0.1, 0.15) is 0 Å². The summed E-state index contributed by atoms with van der Waals surface area (Å²) in [6, 6.07) is 5.09. The number of nitrogens with one attached hydrogen (secondary N) is 1. The molecule has 6 heteroatoms. The summed E-state index contributed by atoms with van der Waals surface area (Å²) >= 11 is 4.89. The number of carboxylic acids is 1. The predicted molar refractivity (Wildman–Crippen MR) is 75.3 cm³/mol. The molecular weight excluding hydrogens is 316 g/mol. The van der Waals surface area contributed by atoms with Gasteiger partial charge in [0.2, 0.25) is 0 Å². The van der Waals surface area contributed by atoms with Gasteiger partial charge in [-0.05, 0) is 41.1 Å². The number of halogens is 1. The molecule has 0 amide bonds. The van der Waals surface area contributed by atoms with Gasteiger partial charge in [-0.3, -0.25) is 0 Å². The molecule has 0 bridgehead atoms. The van der Waals surface area contributed by atoms with Gasteiger partial charge in [0.15, 0.2) is 0 Å². The number of thiazole rings is 1. The molecule has 0 fully saturated rings. The SMILES string of the molecule is Cc1ncc(CNc2ccc(C(=O)O)c(Br)c2)s1. The molecule has 1 heterocycles. The number of rotatable bonds is 4. The van der Waals surface area contributed by atoms with Crippen LogP contribution >= 0.6 is 27.3 Å². The first-order valence-electron chi connectivity index (χ1n) is 5.24. The molecule has 4 nitrogen and oxygen atoms in total. The molecule has 0 aliphatic heterocycles. The van der Waals surface area contributed by atoms with Crippen LogP contribution in [0.25, 0.3) is 0 Å². The zero-order valence-corrected chi connectivity index (χ0v) is 12.0. The minimum atomic E-state index is -0.938. The highest BCUT2D eigenvalue weighted by molar-refractivity contribution is 9.10. The first kappa shape index (κ1) is 13.0. The molecular formula is C12H11BrN2O2S. The maximum Gasteiger partial charge on any atom is 0.336 e. The Morgan fingerprint density at radius 1 is 1.56 bits per heavy atom. The van der Waals surface area contributed by atoms with Crippen molar-refractivity contribution >= 4 is 38.9 Å². The van der Waals surface area contributed by atoms with Gasteiger partial charge in [-0.15, -0.1) is 11.3 Å². The smallest absolute Gasteiger partial charge is 0.336 e. The van der Waals surface area contributed by atoms with Gasteiger partial charge >= 0.3 is 5.97 Å². The quantitative estimate of drug-likeness (QED) is 0.902. The molecule has 0 radical (unpaired) electrons. The zero-order valence-electron chi connectivity index (χ0n) is 9.61. The van der Waals surface area contributed by atoms with Crippen LogP contribution in [0.2, 0.25) is 0 Å². The maximum absolute atomic E-state index is 10.9. The van der Waals surface area contributed by atoms with E-state index in [0.29, 0.717) is 11.0 Å². The Bertz CT molecular complexity index is 583. The molecule has 0 atom stereocenters. The lowest BCUT2D eigenvalue weighted by Gasteiger charge is -2.06. The minimum Gasteiger partial charge on any atom is -0.478 e. The van der Waals surface area contributed by atoms with Crippen LogP contribution in [-0.2, 0) is 6.54 Å². The van der Waals surface area contributed by atoms with Gasteiger partial charge in [0.05, 0.1) is 17.1 Å². The number of hydrogen-bond donors (Lipinski definition) is 2. The second-order valence-electron chi connectivity index (χ2n) is 3.70. The van der Waals surface area contributed by atoms with Crippen LogP contribution in [0, 0.1) is 6.92 Å². The van der Waals surface area contributed by atoms with Gasteiger partial charge in [0, 0.05) is 21.2 Å². The summed E-state index contributed by atoms with van der Waals surface area (Å²) in [6.07, 6.45) is 1.84. The Balaban J connectivity index is 2.06. The Labute approximate surface area is 117 Å². The van der Waals surface area contributed by atoms with E-state index in [2.05, 4.69) is 26.2 Å². The Morgan fingerprint density at radius 3 is 2.89 bits per heavy atom.